The standard InChI is InChI=1S/C9H14F3N3O2/c1-3-6(13-2)8-15-14-7(17-8)4-16-5-9(10,11)12/h6,13H,3-5H2,1-2H3. The molecule has 8 heteroatoms. The summed E-state index contributed by atoms with van der Waals surface area (Å²) in [4.78, 5) is 0. The van der Waals surface area contributed by atoms with Crippen LogP contribution in [0.15, 0.2) is 4.42 Å². The molecule has 0 amide bonds. The summed E-state index contributed by atoms with van der Waals surface area (Å²) in [6.45, 7) is 0.256. The van der Waals surface area contributed by atoms with E-state index in [4.69, 9.17) is 4.42 Å². The van der Waals surface area contributed by atoms with E-state index in [9.17, 15) is 13.2 Å². The third-order valence-electron chi connectivity index (χ3n) is 2.03. The zero-order valence-electron chi connectivity index (χ0n) is 9.54. The van der Waals surface area contributed by atoms with Crippen LogP contribution in [0.5, 0.6) is 0 Å². The first-order chi connectivity index (χ1) is 7.96. The van der Waals surface area contributed by atoms with Crippen LogP contribution < -0.4 is 5.32 Å². The van der Waals surface area contributed by atoms with Gasteiger partial charge in [0.25, 0.3) is 0 Å². The van der Waals surface area contributed by atoms with Gasteiger partial charge in [-0.05, 0) is 13.5 Å². The van der Waals surface area contributed by atoms with Gasteiger partial charge >= 0.3 is 6.18 Å². The van der Waals surface area contributed by atoms with Gasteiger partial charge in [-0.3, -0.25) is 0 Å². The first kappa shape index (κ1) is 13.9. The summed E-state index contributed by atoms with van der Waals surface area (Å²) in [6, 6.07) is -0.0983. The number of aromatic nitrogens is 2. The minimum atomic E-state index is -4.35. The van der Waals surface area contributed by atoms with Crippen molar-refractivity contribution in [1.29, 1.82) is 0 Å². The summed E-state index contributed by atoms with van der Waals surface area (Å²) >= 11 is 0. The lowest BCUT2D eigenvalue weighted by Crippen LogP contribution is -2.16. The maximum atomic E-state index is 11.8. The average molecular weight is 253 g/mol. The second-order valence-corrected chi connectivity index (χ2v) is 3.39. The number of rotatable bonds is 6. The summed E-state index contributed by atoms with van der Waals surface area (Å²) in [5, 5.41) is 10.3. The van der Waals surface area contributed by atoms with Gasteiger partial charge in [0.05, 0.1) is 6.04 Å². The Bertz CT molecular complexity index is 336. The molecule has 0 aliphatic rings. The number of alkyl halides is 3. The number of hydrogen-bond acceptors (Lipinski definition) is 5. The first-order valence-corrected chi connectivity index (χ1v) is 5.10. The minimum absolute atomic E-state index is 0.0398. The van der Waals surface area contributed by atoms with Crippen LogP contribution in [0.1, 0.15) is 31.2 Å². The second-order valence-electron chi connectivity index (χ2n) is 3.39. The minimum Gasteiger partial charge on any atom is -0.421 e. The van der Waals surface area contributed by atoms with Crippen LogP contribution in [-0.4, -0.2) is 30.0 Å². The fourth-order valence-corrected chi connectivity index (χ4v) is 1.22. The molecule has 17 heavy (non-hydrogen) atoms. The van der Waals surface area contributed by atoms with E-state index in [0.29, 0.717) is 5.89 Å². The molecule has 1 N–H and O–H groups in total. The molecule has 5 nitrogen and oxygen atoms in total. The molecule has 0 saturated heterocycles. The number of ether oxygens (including phenoxy) is 1. The zero-order valence-corrected chi connectivity index (χ0v) is 9.54. The van der Waals surface area contributed by atoms with Crippen LogP contribution in [0, 0.1) is 0 Å². The Hall–Kier alpha value is -1.15. The first-order valence-electron chi connectivity index (χ1n) is 5.10. The summed E-state index contributed by atoms with van der Waals surface area (Å²) in [6.07, 6.45) is -3.61. The van der Waals surface area contributed by atoms with Gasteiger partial charge in [-0.2, -0.15) is 13.2 Å². The molecule has 0 fully saturated rings. The molecule has 0 aliphatic heterocycles. The van der Waals surface area contributed by atoms with Crippen LogP contribution in [0.25, 0.3) is 0 Å². The molecule has 1 unspecified atom stereocenters. The highest BCUT2D eigenvalue weighted by molar-refractivity contribution is 4.88. The van der Waals surface area contributed by atoms with Gasteiger partial charge in [-0.25, -0.2) is 0 Å². The van der Waals surface area contributed by atoms with Crippen molar-refractivity contribution in [3.05, 3.63) is 11.8 Å². The third-order valence-corrected chi connectivity index (χ3v) is 2.03. The van der Waals surface area contributed by atoms with Crippen molar-refractivity contribution in [1.82, 2.24) is 15.5 Å². The molecule has 0 saturated carbocycles. The Morgan fingerprint density at radius 3 is 2.65 bits per heavy atom. The summed E-state index contributed by atoms with van der Waals surface area (Å²) < 4.78 is 45.0. The zero-order chi connectivity index (χ0) is 12.9. The van der Waals surface area contributed by atoms with Crippen molar-refractivity contribution in [3.8, 4) is 0 Å². The Morgan fingerprint density at radius 2 is 2.12 bits per heavy atom. The van der Waals surface area contributed by atoms with Gasteiger partial charge in [0.1, 0.15) is 13.2 Å². The largest absolute Gasteiger partial charge is 0.421 e. The van der Waals surface area contributed by atoms with Crippen LogP contribution in [-0.2, 0) is 11.3 Å². The van der Waals surface area contributed by atoms with Crippen LogP contribution in [0.3, 0.4) is 0 Å². The van der Waals surface area contributed by atoms with Crippen molar-refractivity contribution in [2.24, 2.45) is 0 Å². The lowest BCUT2D eigenvalue weighted by Gasteiger charge is -2.07. The van der Waals surface area contributed by atoms with Gasteiger partial charge in [0.15, 0.2) is 0 Å². The maximum Gasteiger partial charge on any atom is 0.411 e. The topological polar surface area (TPSA) is 60.2 Å². The molecule has 0 aliphatic carbocycles. The normalized spacial score (nSPS) is 13.9. The quantitative estimate of drug-likeness (QED) is 0.837. The number of hydrogen-bond donors (Lipinski definition) is 1. The lowest BCUT2D eigenvalue weighted by molar-refractivity contribution is -0.177. The van der Waals surface area contributed by atoms with Crippen molar-refractivity contribution < 1.29 is 22.3 Å². The van der Waals surface area contributed by atoms with Gasteiger partial charge in [0, 0.05) is 0 Å². The van der Waals surface area contributed by atoms with Crippen LogP contribution >= 0.6 is 0 Å². The molecule has 0 aromatic carbocycles. The fraction of sp³-hybridized carbons (Fsp3) is 0.778. The van der Waals surface area contributed by atoms with Crippen LogP contribution in [0.2, 0.25) is 0 Å². The van der Waals surface area contributed by atoms with Gasteiger partial charge < -0.3 is 14.5 Å². The maximum absolute atomic E-state index is 11.8. The molecule has 98 valence electrons. The molecule has 1 aromatic heterocycles. The number of halogens is 3. The highest BCUT2D eigenvalue weighted by Gasteiger charge is 2.27. The van der Waals surface area contributed by atoms with E-state index < -0.39 is 12.8 Å². The van der Waals surface area contributed by atoms with Crippen molar-refractivity contribution in [2.75, 3.05) is 13.7 Å². The van der Waals surface area contributed by atoms with Crippen LogP contribution in [0.4, 0.5) is 13.2 Å². The number of nitrogens with zero attached hydrogens (tertiary/aromatic N) is 2. The molecule has 0 bridgehead atoms. The summed E-state index contributed by atoms with van der Waals surface area (Å²) in [7, 11) is 1.73. The third kappa shape index (κ3) is 4.70. The Labute approximate surface area is 96.3 Å². The second kappa shape index (κ2) is 5.97. The molecule has 0 spiro atoms. The molecule has 0 radical (unpaired) electrons. The van der Waals surface area contributed by atoms with Gasteiger partial charge in [-0.1, -0.05) is 6.92 Å². The monoisotopic (exact) mass is 253 g/mol. The van der Waals surface area contributed by atoms with E-state index >= 15 is 0 Å². The highest BCUT2D eigenvalue weighted by atomic mass is 19.4. The van der Waals surface area contributed by atoms with Crippen molar-refractivity contribution >= 4 is 0 Å². The molecule has 1 atom stereocenters. The predicted octanol–water partition coefficient (Wildman–Crippen LogP) is 1.82. The Kier molecular flexibility index (Phi) is 4.88. The Morgan fingerprint density at radius 1 is 1.41 bits per heavy atom. The Balaban J connectivity index is 2.46. The average Bonchev–Trinajstić information content (AvgIpc) is 2.67. The van der Waals surface area contributed by atoms with Crippen molar-refractivity contribution in [3.63, 3.8) is 0 Å². The molecule has 1 aromatic rings. The van der Waals surface area contributed by atoms with Crippen molar-refractivity contribution in [2.45, 2.75) is 32.2 Å². The van der Waals surface area contributed by atoms with E-state index in [1.54, 1.807) is 7.05 Å². The molecule has 1 rings (SSSR count). The van der Waals surface area contributed by atoms with E-state index in [1.807, 2.05) is 6.92 Å². The smallest absolute Gasteiger partial charge is 0.411 e. The summed E-state index contributed by atoms with van der Waals surface area (Å²) in [5.74, 6) is 0.388. The molecular weight excluding hydrogens is 239 g/mol. The van der Waals surface area contributed by atoms with E-state index in [-0.39, 0.29) is 18.5 Å². The summed E-state index contributed by atoms with van der Waals surface area (Å²) in [5.41, 5.74) is 0. The van der Waals surface area contributed by atoms with E-state index in [1.165, 1.54) is 0 Å². The van der Waals surface area contributed by atoms with Gasteiger partial charge in [0.2, 0.25) is 11.8 Å². The lowest BCUT2D eigenvalue weighted by atomic mass is 10.2. The molecular formula is C9H14F3N3O2. The highest BCUT2D eigenvalue weighted by Crippen LogP contribution is 2.17. The molecule has 1 heterocycles. The van der Waals surface area contributed by atoms with E-state index in [2.05, 4.69) is 20.3 Å². The fourth-order valence-electron chi connectivity index (χ4n) is 1.22. The number of nitrogens with one attached hydrogen (secondary N) is 1. The SMILES string of the molecule is CCC(NC)c1nnc(COCC(F)(F)F)o1. The van der Waals surface area contributed by atoms with E-state index in [0.717, 1.165) is 6.42 Å². The predicted molar refractivity (Wildman–Crippen MR) is 52.1 cm³/mol. The van der Waals surface area contributed by atoms with Gasteiger partial charge in [-0.15, -0.1) is 10.2 Å².